The summed E-state index contributed by atoms with van der Waals surface area (Å²) < 4.78 is 17.0. The second kappa shape index (κ2) is 70.3. The minimum atomic E-state index is -0.783. The molecule has 0 spiro atoms. The molecule has 0 aliphatic carbocycles. The van der Waals surface area contributed by atoms with E-state index in [1.54, 1.807) is 0 Å². The summed E-state index contributed by atoms with van der Waals surface area (Å²) in [6.07, 6.45) is 92.1. The number of rotatable bonds is 66. The molecule has 0 heterocycles. The van der Waals surface area contributed by atoms with Gasteiger partial charge in [0.2, 0.25) is 0 Å². The van der Waals surface area contributed by atoms with Gasteiger partial charge in [-0.2, -0.15) is 0 Å². The third-order valence-corrected chi connectivity index (χ3v) is 15.9. The van der Waals surface area contributed by atoms with E-state index in [1.807, 2.05) is 0 Å². The first kappa shape index (κ1) is 78.8. The molecule has 6 heteroatoms. The van der Waals surface area contributed by atoms with Crippen molar-refractivity contribution in [3.05, 3.63) is 72.9 Å². The van der Waals surface area contributed by atoms with E-state index in [1.165, 1.54) is 238 Å². The van der Waals surface area contributed by atoms with Gasteiger partial charge in [0, 0.05) is 19.3 Å². The van der Waals surface area contributed by atoms with Crippen LogP contribution in [0.1, 0.15) is 374 Å². The van der Waals surface area contributed by atoms with Gasteiger partial charge in [-0.3, -0.25) is 14.4 Å². The number of unbranched alkanes of at least 4 members (excludes halogenated alkanes) is 43. The molecule has 0 rings (SSSR count). The molecule has 0 aliphatic rings. The molecule has 0 bridgehead atoms. The molecular weight excluding hydrogens is 1010 g/mol. The SMILES string of the molecule is CC/C=C\C/C=C\C/C=C\C/C=C\CCCCCCCCC(=O)OCC(COC(=O)CCCCCCCCCCCCC/C=C\C/C=C\CCCCCCC)OC(=O)CCCCCCCCCCCCCCCCCCCCCCCC. The summed E-state index contributed by atoms with van der Waals surface area (Å²) in [5.74, 6) is -0.869. The van der Waals surface area contributed by atoms with Crippen LogP contribution in [0.5, 0.6) is 0 Å². The first-order valence-corrected chi connectivity index (χ1v) is 35.9. The molecule has 1 atom stereocenters. The molecule has 6 nitrogen and oxygen atoms in total. The average Bonchev–Trinajstić information content (AvgIpc) is 3.47. The monoisotopic (exact) mass is 1150 g/mol. The molecule has 0 aromatic rings. The van der Waals surface area contributed by atoms with E-state index in [4.69, 9.17) is 14.2 Å². The Balaban J connectivity index is 4.35. The van der Waals surface area contributed by atoms with Crippen molar-refractivity contribution in [1.29, 1.82) is 0 Å². The molecule has 1 unspecified atom stereocenters. The summed E-state index contributed by atoms with van der Waals surface area (Å²) >= 11 is 0. The van der Waals surface area contributed by atoms with Gasteiger partial charge in [-0.25, -0.2) is 0 Å². The third-order valence-electron chi connectivity index (χ3n) is 15.9. The van der Waals surface area contributed by atoms with Gasteiger partial charge in [-0.05, 0) is 89.9 Å². The molecule has 0 saturated heterocycles. The summed E-state index contributed by atoms with van der Waals surface area (Å²) in [5.41, 5.74) is 0. The Bertz CT molecular complexity index is 1500. The van der Waals surface area contributed by atoms with E-state index in [2.05, 4.69) is 93.7 Å². The lowest BCUT2D eigenvalue weighted by Crippen LogP contribution is -2.30. The molecule has 476 valence electrons. The Labute approximate surface area is 510 Å². The second-order valence-corrected chi connectivity index (χ2v) is 24.1. The maximum absolute atomic E-state index is 13.0. The standard InChI is InChI=1S/C76H136O6/c1-4-7-10-13-16-19-22-25-28-31-34-36-38-40-42-45-48-51-54-57-60-63-66-69-75(78)81-72-73(71-80-74(77)68-65-62-59-56-53-50-47-44-41-33-30-27-24-21-18-15-12-9-6-3)82-76(79)70-67-64-61-58-55-52-49-46-43-39-37-35-32-29-26-23-20-17-14-11-8-5-2/h9,12,18,21-22,25,27,30-31,34,41,44,73H,4-8,10-11,13-17,19-20,23-24,26,28-29,32-33,35-40,42-43,45-72H2,1-3H3/b12-9-,21-18-,25-22-,30-27-,34-31-,44-41-. The van der Waals surface area contributed by atoms with E-state index in [0.29, 0.717) is 19.3 Å². The summed E-state index contributed by atoms with van der Waals surface area (Å²) in [7, 11) is 0. The zero-order valence-corrected chi connectivity index (χ0v) is 54.8. The highest BCUT2D eigenvalue weighted by molar-refractivity contribution is 5.71. The predicted molar refractivity (Wildman–Crippen MR) is 358 cm³/mol. The number of allylic oxidation sites excluding steroid dienone is 12. The van der Waals surface area contributed by atoms with Crippen LogP contribution >= 0.6 is 0 Å². The molecular formula is C76H136O6. The van der Waals surface area contributed by atoms with E-state index in [-0.39, 0.29) is 31.1 Å². The molecule has 0 amide bonds. The lowest BCUT2D eigenvalue weighted by atomic mass is 10.0. The number of carbonyl (C=O) groups is 3. The van der Waals surface area contributed by atoms with Crippen LogP contribution in [0.2, 0.25) is 0 Å². The van der Waals surface area contributed by atoms with Crippen LogP contribution in [0, 0.1) is 0 Å². The second-order valence-electron chi connectivity index (χ2n) is 24.1. The van der Waals surface area contributed by atoms with Gasteiger partial charge >= 0.3 is 17.9 Å². The first-order chi connectivity index (χ1) is 40.5. The first-order valence-electron chi connectivity index (χ1n) is 35.9. The van der Waals surface area contributed by atoms with Crippen LogP contribution in [0.15, 0.2) is 72.9 Å². The Hall–Kier alpha value is -3.15. The fourth-order valence-electron chi connectivity index (χ4n) is 10.6. The molecule has 0 aromatic heterocycles. The van der Waals surface area contributed by atoms with E-state index < -0.39 is 6.10 Å². The Morgan fingerprint density at radius 1 is 0.256 bits per heavy atom. The molecule has 0 saturated carbocycles. The van der Waals surface area contributed by atoms with Crippen molar-refractivity contribution in [2.24, 2.45) is 0 Å². The largest absolute Gasteiger partial charge is 0.462 e. The fourth-order valence-corrected chi connectivity index (χ4v) is 10.6. The minimum absolute atomic E-state index is 0.0776. The molecule has 0 aliphatic heterocycles. The lowest BCUT2D eigenvalue weighted by Gasteiger charge is -2.18. The number of hydrogen-bond donors (Lipinski definition) is 0. The van der Waals surface area contributed by atoms with Gasteiger partial charge in [-0.15, -0.1) is 0 Å². The van der Waals surface area contributed by atoms with Crippen molar-refractivity contribution in [3.63, 3.8) is 0 Å². The van der Waals surface area contributed by atoms with Gasteiger partial charge in [0.15, 0.2) is 6.10 Å². The van der Waals surface area contributed by atoms with Crippen molar-refractivity contribution in [2.75, 3.05) is 13.2 Å². The Morgan fingerprint density at radius 2 is 0.476 bits per heavy atom. The smallest absolute Gasteiger partial charge is 0.306 e. The highest BCUT2D eigenvalue weighted by Crippen LogP contribution is 2.18. The lowest BCUT2D eigenvalue weighted by molar-refractivity contribution is -0.167. The number of hydrogen-bond acceptors (Lipinski definition) is 6. The van der Waals surface area contributed by atoms with Gasteiger partial charge in [-0.1, -0.05) is 338 Å². The van der Waals surface area contributed by atoms with E-state index in [0.717, 1.165) is 96.3 Å². The maximum Gasteiger partial charge on any atom is 0.306 e. The normalized spacial score (nSPS) is 12.5. The molecule has 0 N–H and O–H groups in total. The average molecular weight is 1150 g/mol. The van der Waals surface area contributed by atoms with Gasteiger partial charge < -0.3 is 14.2 Å². The van der Waals surface area contributed by atoms with Crippen LogP contribution in [0.25, 0.3) is 0 Å². The van der Waals surface area contributed by atoms with Crippen molar-refractivity contribution in [1.82, 2.24) is 0 Å². The van der Waals surface area contributed by atoms with Crippen LogP contribution in [0.4, 0.5) is 0 Å². The van der Waals surface area contributed by atoms with Gasteiger partial charge in [0.25, 0.3) is 0 Å². The zero-order valence-electron chi connectivity index (χ0n) is 54.8. The molecule has 82 heavy (non-hydrogen) atoms. The van der Waals surface area contributed by atoms with Crippen molar-refractivity contribution >= 4 is 17.9 Å². The maximum atomic E-state index is 13.0. The van der Waals surface area contributed by atoms with Crippen molar-refractivity contribution in [3.8, 4) is 0 Å². The number of ether oxygens (including phenoxy) is 3. The third kappa shape index (κ3) is 67.6. The van der Waals surface area contributed by atoms with Crippen LogP contribution in [-0.4, -0.2) is 37.2 Å². The van der Waals surface area contributed by atoms with E-state index in [9.17, 15) is 14.4 Å². The molecule has 0 fully saturated rings. The number of carbonyl (C=O) groups excluding carboxylic acids is 3. The summed E-state index contributed by atoms with van der Waals surface area (Å²) in [4.78, 5) is 38.5. The van der Waals surface area contributed by atoms with Crippen molar-refractivity contribution in [2.45, 2.75) is 380 Å². The molecule has 0 aromatic carbocycles. The quantitative estimate of drug-likeness (QED) is 0.0261. The summed E-state index contributed by atoms with van der Waals surface area (Å²) in [6.45, 7) is 6.57. The summed E-state index contributed by atoms with van der Waals surface area (Å²) in [5, 5.41) is 0. The van der Waals surface area contributed by atoms with Crippen molar-refractivity contribution < 1.29 is 28.6 Å². The highest BCUT2D eigenvalue weighted by atomic mass is 16.6. The molecule has 0 radical (unpaired) electrons. The predicted octanol–water partition coefficient (Wildman–Crippen LogP) is 24.8. The summed E-state index contributed by atoms with van der Waals surface area (Å²) in [6, 6.07) is 0. The van der Waals surface area contributed by atoms with E-state index >= 15 is 0 Å². The fraction of sp³-hybridized carbons (Fsp3) is 0.803. The van der Waals surface area contributed by atoms with Gasteiger partial charge in [0.05, 0.1) is 0 Å². The topological polar surface area (TPSA) is 78.9 Å². The Morgan fingerprint density at radius 3 is 0.744 bits per heavy atom. The van der Waals surface area contributed by atoms with Crippen LogP contribution < -0.4 is 0 Å². The van der Waals surface area contributed by atoms with Gasteiger partial charge in [0.1, 0.15) is 13.2 Å². The minimum Gasteiger partial charge on any atom is -0.462 e. The Kier molecular flexibility index (Phi) is 67.6. The van der Waals surface area contributed by atoms with Crippen LogP contribution in [0.3, 0.4) is 0 Å². The van der Waals surface area contributed by atoms with Crippen LogP contribution in [-0.2, 0) is 28.6 Å². The highest BCUT2D eigenvalue weighted by Gasteiger charge is 2.19. The number of esters is 3. The zero-order chi connectivity index (χ0) is 59.2.